The second-order valence-electron chi connectivity index (χ2n) is 8.65. The van der Waals surface area contributed by atoms with E-state index in [2.05, 4.69) is 63.7 Å². The molecule has 5 aromatic rings. The summed E-state index contributed by atoms with van der Waals surface area (Å²) in [4.78, 5) is 13.3. The molecular weight excluding hydrogens is 402 g/mol. The summed E-state index contributed by atoms with van der Waals surface area (Å²) in [6, 6.07) is 14.2. The van der Waals surface area contributed by atoms with Crippen LogP contribution in [0.25, 0.3) is 45.0 Å². The molecule has 0 saturated carbocycles. The molecule has 0 amide bonds. The molecule has 5 rings (SSSR count). The SMILES string of the molecule is Cc1nnc(-c2ccccc2-c2nc3cc(-c4cnc(N)nc4)ccc3n2C(C)(C)C)o1. The van der Waals surface area contributed by atoms with Crippen molar-refractivity contribution in [2.75, 3.05) is 5.73 Å². The van der Waals surface area contributed by atoms with E-state index in [1.807, 2.05) is 24.3 Å². The standard InChI is InChI=1S/C24H23N7O/c1-14-29-30-22(32-14)18-8-6-5-7-17(18)21-28-19-11-15(16-12-26-23(25)27-13-16)9-10-20(19)31(21)24(2,3)4/h5-13H,1-4H3,(H2,25,26,27). The number of benzene rings is 2. The average Bonchev–Trinajstić information content (AvgIpc) is 3.37. The number of nitrogen functional groups attached to an aromatic ring is 1. The molecule has 160 valence electrons. The first kappa shape index (κ1) is 19.9. The van der Waals surface area contributed by atoms with Gasteiger partial charge in [-0.25, -0.2) is 15.0 Å². The third kappa shape index (κ3) is 3.39. The lowest BCUT2D eigenvalue weighted by molar-refractivity contribution is 0.413. The number of nitrogens with two attached hydrogens (primary N) is 1. The zero-order valence-corrected chi connectivity index (χ0v) is 18.4. The predicted octanol–water partition coefficient (Wildman–Crippen LogP) is 4.86. The van der Waals surface area contributed by atoms with E-state index in [4.69, 9.17) is 15.1 Å². The first-order valence-electron chi connectivity index (χ1n) is 10.3. The summed E-state index contributed by atoms with van der Waals surface area (Å²) >= 11 is 0. The van der Waals surface area contributed by atoms with Gasteiger partial charge in [-0.3, -0.25) is 0 Å². The summed E-state index contributed by atoms with van der Waals surface area (Å²) in [6.45, 7) is 8.28. The number of imidazole rings is 1. The Morgan fingerprint density at radius 2 is 1.62 bits per heavy atom. The molecule has 8 heteroatoms. The highest BCUT2D eigenvalue weighted by Crippen LogP contribution is 2.37. The van der Waals surface area contributed by atoms with Crippen molar-refractivity contribution in [3.8, 4) is 34.0 Å². The average molecular weight is 425 g/mol. The predicted molar refractivity (Wildman–Crippen MR) is 124 cm³/mol. The number of hydrogen-bond acceptors (Lipinski definition) is 7. The molecule has 0 bridgehead atoms. The lowest BCUT2D eigenvalue weighted by atomic mass is 10.0. The van der Waals surface area contributed by atoms with Gasteiger partial charge in [-0.2, -0.15) is 0 Å². The van der Waals surface area contributed by atoms with E-state index in [0.29, 0.717) is 11.8 Å². The van der Waals surface area contributed by atoms with Crippen molar-refractivity contribution in [2.45, 2.75) is 33.2 Å². The molecule has 0 spiro atoms. The Morgan fingerprint density at radius 1 is 0.906 bits per heavy atom. The molecule has 0 saturated heterocycles. The molecule has 0 aliphatic carbocycles. The molecule has 2 N–H and O–H groups in total. The Morgan fingerprint density at radius 3 is 2.28 bits per heavy atom. The van der Waals surface area contributed by atoms with Crippen LogP contribution >= 0.6 is 0 Å². The lowest BCUT2D eigenvalue weighted by Crippen LogP contribution is -2.22. The smallest absolute Gasteiger partial charge is 0.248 e. The Kier molecular flexibility index (Phi) is 4.51. The normalized spacial score (nSPS) is 11.9. The maximum absolute atomic E-state index is 5.73. The second-order valence-corrected chi connectivity index (χ2v) is 8.65. The lowest BCUT2D eigenvalue weighted by Gasteiger charge is -2.25. The molecule has 3 aromatic heterocycles. The minimum atomic E-state index is -0.215. The van der Waals surface area contributed by atoms with Gasteiger partial charge in [0.2, 0.25) is 17.7 Å². The summed E-state index contributed by atoms with van der Waals surface area (Å²) in [5, 5.41) is 8.23. The maximum Gasteiger partial charge on any atom is 0.248 e. The number of aromatic nitrogens is 6. The Hall–Kier alpha value is -4.07. The van der Waals surface area contributed by atoms with Crippen LogP contribution in [0, 0.1) is 6.92 Å². The summed E-state index contributed by atoms with van der Waals surface area (Å²) in [6.07, 6.45) is 3.44. The van der Waals surface area contributed by atoms with Gasteiger partial charge in [-0.1, -0.05) is 24.3 Å². The van der Waals surface area contributed by atoms with Gasteiger partial charge in [-0.05, 0) is 44.5 Å². The van der Waals surface area contributed by atoms with Gasteiger partial charge in [0.15, 0.2) is 0 Å². The molecule has 0 atom stereocenters. The molecule has 0 radical (unpaired) electrons. The van der Waals surface area contributed by atoms with Crippen LogP contribution < -0.4 is 5.73 Å². The fraction of sp³-hybridized carbons (Fsp3) is 0.208. The largest absolute Gasteiger partial charge is 0.421 e. The minimum Gasteiger partial charge on any atom is -0.421 e. The number of nitrogens with zero attached hydrogens (tertiary/aromatic N) is 6. The molecule has 0 fully saturated rings. The molecule has 0 aliphatic heterocycles. The summed E-state index contributed by atoms with van der Waals surface area (Å²) in [7, 11) is 0. The molecule has 0 aliphatic rings. The Balaban J connectivity index is 1.74. The van der Waals surface area contributed by atoms with E-state index in [1.165, 1.54) is 0 Å². The van der Waals surface area contributed by atoms with Crippen molar-refractivity contribution in [2.24, 2.45) is 0 Å². The van der Waals surface area contributed by atoms with Crippen molar-refractivity contribution >= 4 is 17.0 Å². The van der Waals surface area contributed by atoms with Crippen molar-refractivity contribution in [1.82, 2.24) is 29.7 Å². The maximum atomic E-state index is 5.73. The summed E-state index contributed by atoms with van der Waals surface area (Å²) in [5.74, 6) is 2.09. The van der Waals surface area contributed by atoms with Crippen molar-refractivity contribution < 1.29 is 4.42 Å². The van der Waals surface area contributed by atoms with E-state index in [0.717, 1.165) is 39.1 Å². The van der Waals surface area contributed by atoms with Crippen LogP contribution in [0.2, 0.25) is 0 Å². The molecule has 2 aromatic carbocycles. The first-order valence-corrected chi connectivity index (χ1v) is 10.3. The monoisotopic (exact) mass is 425 g/mol. The van der Waals surface area contributed by atoms with Crippen LogP contribution in [0.1, 0.15) is 26.7 Å². The summed E-state index contributed by atoms with van der Waals surface area (Å²) < 4.78 is 7.98. The van der Waals surface area contributed by atoms with E-state index >= 15 is 0 Å². The van der Waals surface area contributed by atoms with E-state index in [1.54, 1.807) is 19.3 Å². The highest BCUT2D eigenvalue weighted by Gasteiger charge is 2.25. The molecular formula is C24H23N7O. The zero-order chi connectivity index (χ0) is 22.5. The third-order valence-electron chi connectivity index (χ3n) is 5.25. The summed E-state index contributed by atoms with van der Waals surface area (Å²) in [5.41, 5.74) is 11.0. The highest BCUT2D eigenvalue weighted by atomic mass is 16.4. The van der Waals surface area contributed by atoms with Gasteiger partial charge in [0.1, 0.15) is 5.82 Å². The van der Waals surface area contributed by atoms with Crippen LogP contribution in [0.15, 0.2) is 59.3 Å². The number of fused-ring (bicyclic) bond motifs is 1. The Labute approximate surface area is 185 Å². The van der Waals surface area contributed by atoms with Gasteiger partial charge >= 0.3 is 0 Å². The Bertz CT molecular complexity index is 1430. The van der Waals surface area contributed by atoms with E-state index in [-0.39, 0.29) is 11.5 Å². The van der Waals surface area contributed by atoms with Gasteiger partial charge in [0.05, 0.1) is 11.0 Å². The number of anilines is 1. The van der Waals surface area contributed by atoms with E-state index < -0.39 is 0 Å². The van der Waals surface area contributed by atoms with Crippen LogP contribution in [0.3, 0.4) is 0 Å². The van der Waals surface area contributed by atoms with Gasteiger partial charge < -0.3 is 14.7 Å². The van der Waals surface area contributed by atoms with Gasteiger partial charge in [0.25, 0.3) is 0 Å². The molecule has 32 heavy (non-hydrogen) atoms. The fourth-order valence-electron chi connectivity index (χ4n) is 3.88. The number of hydrogen-bond donors (Lipinski definition) is 1. The topological polar surface area (TPSA) is 109 Å². The van der Waals surface area contributed by atoms with E-state index in [9.17, 15) is 0 Å². The number of aryl methyl sites for hydroxylation is 1. The second kappa shape index (κ2) is 7.26. The van der Waals surface area contributed by atoms with Gasteiger partial charge in [-0.15, -0.1) is 10.2 Å². The van der Waals surface area contributed by atoms with Crippen molar-refractivity contribution in [3.63, 3.8) is 0 Å². The van der Waals surface area contributed by atoms with Crippen LogP contribution in [0.5, 0.6) is 0 Å². The molecule has 0 unspecified atom stereocenters. The molecule has 8 nitrogen and oxygen atoms in total. The first-order chi connectivity index (χ1) is 15.3. The third-order valence-corrected chi connectivity index (χ3v) is 5.25. The highest BCUT2D eigenvalue weighted by molar-refractivity contribution is 5.88. The molecule has 3 heterocycles. The minimum absolute atomic E-state index is 0.215. The van der Waals surface area contributed by atoms with Crippen LogP contribution in [-0.2, 0) is 5.54 Å². The van der Waals surface area contributed by atoms with Crippen LogP contribution in [-0.4, -0.2) is 29.7 Å². The van der Waals surface area contributed by atoms with Crippen LogP contribution in [0.4, 0.5) is 5.95 Å². The van der Waals surface area contributed by atoms with Crippen molar-refractivity contribution in [1.29, 1.82) is 0 Å². The van der Waals surface area contributed by atoms with Gasteiger partial charge in [0, 0.05) is 41.5 Å². The number of rotatable bonds is 3. The quantitative estimate of drug-likeness (QED) is 0.440. The fourth-order valence-corrected chi connectivity index (χ4v) is 3.88. The zero-order valence-electron chi connectivity index (χ0n) is 18.4. The van der Waals surface area contributed by atoms with Crippen molar-refractivity contribution in [3.05, 3.63) is 60.7 Å².